The Bertz CT molecular complexity index is 672. The molecule has 0 radical (unpaired) electrons. The molecule has 0 N–H and O–H groups in total. The van der Waals surface area contributed by atoms with Gasteiger partial charge < -0.3 is 18.9 Å². The Morgan fingerprint density at radius 2 is 1.61 bits per heavy atom. The summed E-state index contributed by atoms with van der Waals surface area (Å²) in [5, 5.41) is 3.60. The van der Waals surface area contributed by atoms with Crippen LogP contribution < -0.4 is 0 Å². The first-order valence-electron chi connectivity index (χ1n) is 8.78. The normalized spacial score (nSPS) is 27.5. The zero-order valence-electron chi connectivity index (χ0n) is 16.8. The molecule has 1 aliphatic rings. The van der Waals surface area contributed by atoms with Crippen molar-refractivity contribution in [2.24, 2.45) is 16.0 Å². The molecule has 11 nitrogen and oxygen atoms in total. The minimum atomic E-state index is -1.16. The van der Waals surface area contributed by atoms with Gasteiger partial charge in [-0.05, 0) is 18.4 Å². The summed E-state index contributed by atoms with van der Waals surface area (Å²) < 4.78 is 21.4. The molecule has 1 saturated heterocycles. The van der Waals surface area contributed by atoms with E-state index in [2.05, 4.69) is 15.0 Å². The van der Waals surface area contributed by atoms with Gasteiger partial charge in [0.1, 0.15) is 18.8 Å². The molecule has 28 heavy (non-hydrogen) atoms. The molecule has 0 saturated carbocycles. The highest BCUT2D eigenvalue weighted by atomic mass is 16.6. The summed E-state index contributed by atoms with van der Waals surface area (Å²) in [6.07, 6.45) is -4.38. The van der Waals surface area contributed by atoms with Gasteiger partial charge in [0, 0.05) is 31.4 Å². The predicted molar refractivity (Wildman–Crippen MR) is 97.3 cm³/mol. The zero-order valence-corrected chi connectivity index (χ0v) is 16.8. The van der Waals surface area contributed by atoms with Gasteiger partial charge in [0.2, 0.25) is 0 Å². The summed E-state index contributed by atoms with van der Waals surface area (Å²) in [7, 11) is 0. The molecule has 0 aromatic rings. The summed E-state index contributed by atoms with van der Waals surface area (Å²) in [6, 6.07) is -0.944. The number of aliphatic imine (C=N–C) groups is 1. The first-order chi connectivity index (χ1) is 13.1. The van der Waals surface area contributed by atoms with E-state index >= 15 is 0 Å². The Labute approximate surface area is 163 Å². The Hall–Kier alpha value is -2.65. The van der Waals surface area contributed by atoms with Crippen LogP contribution in [0.2, 0.25) is 0 Å². The summed E-state index contributed by atoms with van der Waals surface area (Å²) >= 11 is 0. The monoisotopic (exact) mass is 398 g/mol. The maximum Gasteiger partial charge on any atom is 0.303 e. The van der Waals surface area contributed by atoms with E-state index in [9.17, 15) is 14.4 Å². The van der Waals surface area contributed by atoms with Crippen molar-refractivity contribution in [2.75, 3.05) is 6.61 Å². The van der Waals surface area contributed by atoms with E-state index in [-0.39, 0.29) is 12.5 Å². The molecule has 0 bridgehead atoms. The molecule has 0 spiro atoms. The van der Waals surface area contributed by atoms with Crippen molar-refractivity contribution < 1.29 is 33.3 Å². The van der Waals surface area contributed by atoms with E-state index in [1.165, 1.54) is 20.8 Å². The van der Waals surface area contributed by atoms with Crippen molar-refractivity contribution in [3.63, 3.8) is 0 Å². The number of nitrogens with zero attached hydrogens (tertiary/aromatic N) is 4. The number of azide groups is 1. The van der Waals surface area contributed by atoms with Crippen LogP contribution in [0.3, 0.4) is 0 Å². The van der Waals surface area contributed by atoms with Crippen LogP contribution in [0.25, 0.3) is 10.4 Å². The van der Waals surface area contributed by atoms with E-state index < -0.39 is 48.5 Å². The molecule has 1 heterocycles. The summed E-state index contributed by atoms with van der Waals surface area (Å²) in [5.74, 6) is -1.80. The molecule has 1 aliphatic heterocycles. The van der Waals surface area contributed by atoms with Crippen molar-refractivity contribution in [1.82, 2.24) is 0 Å². The number of ether oxygens (including phenoxy) is 4. The lowest BCUT2D eigenvalue weighted by Gasteiger charge is -2.42. The minimum Gasteiger partial charge on any atom is -0.463 e. The van der Waals surface area contributed by atoms with Crippen LogP contribution in [0.15, 0.2) is 10.1 Å². The average Bonchev–Trinajstić information content (AvgIpc) is 2.57. The molecule has 156 valence electrons. The van der Waals surface area contributed by atoms with Crippen LogP contribution in [0.5, 0.6) is 0 Å². The van der Waals surface area contributed by atoms with Gasteiger partial charge in [-0.25, -0.2) is 0 Å². The molecule has 0 aromatic carbocycles. The molecule has 0 amide bonds. The number of hydrogen-bond donors (Lipinski definition) is 0. The largest absolute Gasteiger partial charge is 0.463 e. The predicted octanol–water partition coefficient (Wildman–Crippen LogP) is 1.93. The SMILES string of the molecule is CC(=O)OC[C@H]1O[C@@H](N=[N+]=[N-])[C@H](N=C(C)C(C)C)[C@@H](OC(C)=O)[C@@H]1OC(C)=O. The van der Waals surface area contributed by atoms with Crippen molar-refractivity contribution in [1.29, 1.82) is 0 Å². The smallest absolute Gasteiger partial charge is 0.303 e. The quantitative estimate of drug-likeness (QED) is 0.159. The maximum absolute atomic E-state index is 11.7. The number of carbonyl (C=O) groups is 3. The van der Waals surface area contributed by atoms with E-state index in [4.69, 9.17) is 24.5 Å². The lowest BCUT2D eigenvalue weighted by atomic mass is 9.95. The molecule has 1 fully saturated rings. The minimum absolute atomic E-state index is 0.0654. The molecule has 1 rings (SSSR count). The number of carbonyl (C=O) groups excluding carboxylic acids is 3. The van der Waals surface area contributed by atoms with Gasteiger partial charge in [0.15, 0.2) is 18.4 Å². The summed E-state index contributed by atoms with van der Waals surface area (Å²) in [4.78, 5) is 41.8. The second-order valence-electron chi connectivity index (χ2n) is 6.64. The van der Waals surface area contributed by atoms with E-state index in [1.54, 1.807) is 6.92 Å². The van der Waals surface area contributed by atoms with Gasteiger partial charge in [-0.1, -0.05) is 19.0 Å². The molecular formula is C17H26N4O7. The standard InChI is InChI=1S/C17H26N4O7/c1-8(2)9(3)19-14-16(27-12(6)24)15(26-11(5)23)13(7-25-10(4)22)28-17(14)20-21-18/h8,13-17H,7H2,1-6H3/t13-,14-,15-,16-,17-/m1/s1. The molecular weight excluding hydrogens is 372 g/mol. The maximum atomic E-state index is 11.7. The van der Waals surface area contributed by atoms with E-state index in [1.807, 2.05) is 13.8 Å². The number of hydrogen-bond acceptors (Lipinski definition) is 9. The average molecular weight is 398 g/mol. The van der Waals surface area contributed by atoms with Crippen LogP contribution in [0.4, 0.5) is 0 Å². The molecule has 0 unspecified atom stereocenters. The fourth-order valence-electron chi connectivity index (χ4n) is 2.57. The third-order valence-corrected chi connectivity index (χ3v) is 4.04. The van der Waals surface area contributed by atoms with Gasteiger partial charge in [0.05, 0.1) is 0 Å². The van der Waals surface area contributed by atoms with Gasteiger partial charge in [-0.2, -0.15) is 0 Å². The fourth-order valence-corrected chi connectivity index (χ4v) is 2.57. The molecule has 5 atom stereocenters. The Morgan fingerprint density at radius 3 is 2.07 bits per heavy atom. The van der Waals surface area contributed by atoms with Gasteiger partial charge in [0.25, 0.3) is 0 Å². The number of esters is 3. The second kappa shape index (κ2) is 10.6. The van der Waals surface area contributed by atoms with Crippen LogP contribution in [0, 0.1) is 5.92 Å². The zero-order chi connectivity index (χ0) is 21.4. The van der Waals surface area contributed by atoms with Crippen LogP contribution in [0.1, 0.15) is 41.5 Å². The summed E-state index contributed by atoms with van der Waals surface area (Å²) in [5.41, 5.74) is 9.61. The second-order valence-corrected chi connectivity index (χ2v) is 6.64. The van der Waals surface area contributed by atoms with Crippen LogP contribution >= 0.6 is 0 Å². The van der Waals surface area contributed by atoms with Crippen LogP contribution in [-0.4, -0.2) is 60.8 Å². The van der Waals surface area contributed by atoms with Crippen molar-refractivity contribution >= 4 is 23.6 Å². The van der Waals surface area contributed by atoms with Gasteiger partial charge >= 0.3 is 17.9 Å². The highest BCUT2D eigenvalue weighted by Gasteiger charge is 2.50. The van der Waals surface area contributed by atoms with Gasteiger partial charge in [-0.15, -0.1) is 0 Å². The summed E-state index contributed by atoms with van der Waals surface area (Å²) in [6.45, 7) is 8.90. The fraction of sp³-hybridized carbons (Fsp3) is 0.765. The lowest BCUT2D eigenvalue weighted by molar-refractivity contribution is -0.219. The first kappa shape index (κ1) is 23.4. The molecule has 11 heteroatoms. The first-order valence-corrected chi connectivity index (χ1v) is 8.78. The highest BCUT2D eigenvalue weighted by Crippen LogP contribution is 2.30. The van der Waals surface area contributed by atoms with Crippen molar-refractivity contribution in [2.45, 2.75) is 72.1 Å². The third-order valence-electron chi connectivity index (χ3n) is 4.04. The topological polar surface area (TPSA) is 149 Å². The highest BCUT2D eigenvalue weighted by molar-refractivity contribution is 5.84. The molecule has 0 aliphatic carbocycles. The Balaban J connectivity index is 3.42. The van der Waals surface area contributed by atoms with Crippen molar-refractivity contribution in [3.05, 3.63) is 10.4 Å². The Morgan fingerprint density at radius 1 is 1.04 bits per heavy atom. The van der Waals surface area contributed by atoms with Gasteiger partial charge in [-0.3, -0.25) is 19.4 Å². The molecule has 0 aromatic heterocycles. The van der Waals surface area contributed by atoms with Crippen molar-refractivity contribution in [3.8, 4) is 0 Å². The number of rotatable bonds is 7. The lowest BCUT2D eigenvalue weighted by Crippen LogP contribution is -2.60. The Kier molecular flexibility index (Phi) is 8.87. The third kappa shape index (κ3) is 6.82. The van der Waals surface area contributed by atoms with E-state index in [0.717, 1.165) is 0 Å². The van der Waals surface area contributed by atoms with E-state index in [0.29, 0.717) is 5.71 Å². The van der Waals surface area contributed by atoms with Crippen LogP contribution in [-0.2, 0) is 33.3 Å².